The largest absolute Gasteiger partial charge is 0.379 e. The molecule has 4 heteroatoms. The van der Waals surface area contributed by atoms with Gasteiger partial charge in [-0.05, 0) is 28.1 Å². The molecule has 2 aromatic rings. The summed E-state index contributed by atoms with van der Waals surface area (Å²) in [4.78, 5) is 2.45. The van der Waals surface area contributed by atoms with E-state index in [0.717, 1.165) is 37.3 Å². The van der Waals surface area contributed by atoms with Crippen LogP contribution in [-0.4, -0.2) is 35.8 Å². The first-order valence-corrected chi connectivity index (χ1v) is 7.08. The third-order valence-corrected chi connectivity index (χ3v) is 4.24. The normalized spacial score (nSPS) is 17.4. The minimum Gasteiger partial charge on any atom is -0.379 e. The van der Waals surface area contributed by atoms with Crippen molar-refractivity contribution in [2.45, 2.75) is 6.54 Å². The second kappa shape index (κ2) is 5.03. The second-order valence-corrected chi connectivity index (χ2v) is 5.62. The van der Waals surface area contributed by atoms with Crippen LogP contribution in [0.2, 0.25) is 0 Å². The first-order chi connectivity index (χ1) is 8.75. The first kappa shape index (κ1) is 12.2. The number of benzene rings is 1. The summed E-state index contributed by atoms with van der Waals surface area (Å²) in [5, 5.41) is 1.30. The van der Waals surface area contributed by atoms with Gasteiger partial charge in [-0.25, -0.2) is 0 Å². The maximum Gasteiger partial charge on any atom is 0.0624 e. The van der Waals surface area contributed by atoms with E-state index in [2.05, 4.69) is 56.7 Å². The molecule has 0 spiro atoms. The van der Waals surface area contributed by atoms with Crippen LogP contribution in [0.5, 0.6) is 0 Å². The lowest BCUT2D eigenvalue weighted by Crippen LogP contribution is -2.36. The molecular weight excluding hydrogens is 292 g/mol. The summed E-state index contributed by atoms with van der Waals surface area (Å²) in [5.41, 5.74) is 2.64. The van der Waals surface area contributed by atoms with Crippen molar-refractivity contribution in [2.75, 3.05) is 26.3 Å². The molecule has 0 amide bonds. The SMILES string of the molecule is Cn1c(CN2CCOCC2)cc2cccc(Br)c21. The molecule has 0 bridgehead atoms. The Morgan fingerprint density at radius 1 is 1.28 bits per heavy atom. The lowest BCUT2D eigenvalue weighted by Gasteiger charge is -2.26. The number of nitrogens with zero attached hydrogens (tertiary/aromatic N) is 2. The summed E-state index contributed by atoms with van der Waals surface area (Å²) >= 11 is 3.63. The quantitative estimate of drug-likeness (QED) is 0.849. The van der Waals surface area contributed by atoms with Crippen LogP contribution in [0.15, 0.2) is 28.7 Å². The Balaban J connectivity index is 1.92. The van der Waals surface area contributed by atoms with Gasteiger partial charge in [0.05, 0.1) is 18.7 Å². The molecule has 18 heavy (non-hydrogen) atoms. The maximum absolute atomic E-state index is 5.39. The molecule has 0 atom stereocenters. The number of rotatable bonds is 2. The van der Waals surface area contributed by atoms with Gasteiger partial charge in [0.2, 0.25) is 0 Å². The summed E-state index contributed by atoms with van der Waals surface area (Å²) in [6.45, 7) is 4.77. The van der Waals surface area contributed by atoms with Crippen molar-refractivity contribution in [3.63, 3.8) is 0 Å². The zero-order chi connectivity index (χ0) is 12.5. The molecule has 1 aromatic heterocycles. The van der Waals surface area contributed by atoms with Gasteiger partial charge in [0.1, 0.15) is 0 Å². The van der Waals surface area contributed by atoms with Crippen molar-refractivity contribution in [3.8, 4) is 0 Å². The van der Waals surface area contributed by atoms with E-state index in [1.165, 1.54) is 16.6 Å². The van der Waals surface area contributed by atoms with E-state index in [0.29, 0.717) is 0 Å². The third-order valence-electron chi connectivity index (χ3n) is 3.60. The van der Waals surface area contributed by atoms with Crippen LogP contribution >= 0.6 is 15.9 Å². The van der Waals surface area contributed by atoms with Crippen LogP contribution in [0.4, 0.5) is 0 Å². The topological polar surface area (TPSA) is 17.4 Å². The summed E-state index contributed by atoms with van der Waals surface area (Å²) in [6.07, 6.45) is 0. The fraction of sp³-hybridized carbons (Fsp3) is 0.429. The molecule has 1 saturated heterocycles. The standard InChI is InChI=1S/C14H17BrN2O/c1-16-12(10-17-5-7-18-8-6-17)9-11-3-2-4-13(15)14(11)16/h2-4,9H,5-8,10H2,1H3. The average molecular weight is 309 g/mol. The van der Waals surface area contributed by atoms with Gasteiger partial charge in [0.15, 0.2) is 0 Å². The summed E-state index contributed by atoms with van der Waals surface area (Å²) in [7, 11) is 2.14. The van der Waals surface area contributed by atoms with Gasteiger partial charge in [0, 0.05) is 42.2 Å². The zero-order valence-electron chi connectivity index (χ0n) is 10.5. The Kier molecular flexibility index (Phi) is 3.41. The highest BCUT2D eigenvalue weighted by Crippen LogP contribution is 2.27. The van der Waals surface area contributed by atoms with Crippen molar-refractivity contribution in [1.82, 2.24) is 9.47 Å². The molecule has 1 aliphatic heterocycles. The summed E-state index contributed by atoms with van der Waals surface area (Å²) in [6, 6.07) is 8.64. The fourth-order valence-corrected chi connectivity index (χ4v) is 3.21. The zero-order valence-corrected chi connectivity index (χ0v) is 12.1. The van der Waals surface area contributed by atoms with Crippen LogP contribution in [0.25, 0.3) is 10.9 Å². The lowest BCUT2D eigenvalue weighted by atomic mass is 10.2. The Hall–Kier alpha value is -0.840. The van der Waals surface area contributed by atoms with Crippen LogP contribution in [-0.2, 0) is 18.3 Å². The minimum atomic E-state index is 0.855. The Bertz CT molecular complexity index is 558. The van der Waals surface area contributed by atoms with Gasteiger partial charge < -0.3 is 9.30 Å². The average Bonchev–Trinajstić information content (AvgIpc) is 2.69. The van der Waals surface area contributed by atoms with E-state index in [1.807, 2.05) is 0 Å². The van der Waals surface area contributed by atoms with E-state index in [4.69, 9.17) is 4.74 Å². The highest BCUT2D eigenvalue weighted by molar-refractivity contribution is 9.10. The smallest absolute Gasteiger partial charge is 0.0624 e. The number of hydrogen-bond donors (Lipinski definition) is 0. The third kappa shape index (κ3) is 2.20. The molecule has 1 aromatic carbocycles. The molecule has 2 heterocycles. The predicted octanol–water partition coefficient (Wildman–Crippen LogP) is 2.77. The van der Waals surface area contributed by atoms with E-state index in [9.17, 15) is 0 Å². The van der Waals surface area contributed by atoms with Gasteiger partial charge in [0.25, 0.3) is 0 Å². The number of aryl methyl sites for hydroxylation is 1. The van der Waals surface area contributed by atoms with Gasteiger partial charge >= 0.3 is 0 Å². The highest BCUT2D eigenvalue weighted by Gasteiger charge is 2.14. The van der Waals surface area contributed by atoms with Crippen LogP contribution in [0.1, 0.15) is 5.69 Å². The lowest BCUT2D eigenvalue weighted by molar-refractivity contribution is 0.0333. The molecule has 0 N–H and O–H groups in total. The molecule has 0 radical (unpaired) electrons. The first-order valence-electron chi connectivity index (χ1n) is 6.28. The number of fused-ring (bicyclic) bond motifs is 1. The number of aromatic nitrogens is 1. The summed E-state index contributed by atoms with van der Waals surface area (Å²) < 4.78 is 8.84. The van der Waals surface area contributed by atoms with Crippen LogP contribution < -0.4 is 0 Å². The van der Waals surface area contributed by atoms with E-state index >= 15 is 0 Å². The van der Waals surface area contributed by atoms with Gasteiger partial charge in [-0.3, -0.25) is 4.90 Å². The van der Waals surface area contributed by atoms with Crippen molar-refractivity contribution in [1.29, 1.82) is 0 Å². The van der Waals surface area contributed by atoms with Crippen molar-refractivity contribution < 1.29 is 4.74 Å². The Labute approximate surface area is 115 Å². The molecule has 1 aliphatic rings. The Morgan fingerprint density at radius 2 is 2.06 bits per heavy atom. The number of halogens is 1. The van der Waals surface area contributed by atoms with Crippen LogP contribution in [0.3, 0.4) is 0 Å². The van der Waals surface area contributed by atoms with Crippen molar-refractivity contribution in [3.05, 3.63) is 34.4 Å². The number of ether oxygens (including phenoxy) is 1. The van der Waals surface area contributed by atoms with Crippen molar-refractivity contribution >= 4 is 26.8 Å². The van der Waals surface area contributed by atoms with Gasteiger partial charge in [-0.2, -0.15) is 0 Å². The Morgan fingerprint density at radius 3 is 2.78 bits per heavy atom. The fourth-order valence-electron chi connectivity index (χ4n) is 2.56. The number of para-hydroxylation sites is 1. The van der Waals surface area contributed by atoms with E-state index in [-0.39, 0.29) is 0 Å². The maximum atomic E-state index is 5.39. The molecule has 0 saturated carbocycles. The predicted molar refractivity (Wildman–Crippen MR) is 76.7 cm³/mol. The highest BCUT2D eigenvalue weighted by atomic mass is 79.9. The molecular formula is C14H17BrN2O. The number of hydrogen-bond acceptors (Lipinski definition) is 2. The van der Waals surface area contributed by atoms with Crippen molar-refractivity contribution in [2.24, 2.45) is 7.05 Å². The molecule has 96 valence electrons. The number of morpholine rings is 1. The second-order valence-electron chi connectivity index (χ2n) is 4.76. The summed E-state index contributed by atoms with van der Waals surface area (Å²) in [5.74, 6) is 0. The molecule has 3 rings (SSSR count). The van der Waals surface area contributed by atoms with Gasteiger partial charge in [-0.1, -0.05) is 12.1 Å². The van der Waals surface area contributed by atoms with E-state index in [1.54, 1.807) is 0 Å². The molecule has 1 fully saturated rings. The van der Waals surface area contributed by atoms with Crippen LogP contribution in [0, 0.1) is 0 Å². The van der Waals surface area contributed by atoms with Gasteiger partial charge in [-0.15, -0.1) is 0 Å². The van der Waals surface area contributed by atoms with E-state index < -0.39 is 0 Å². The molecule has 3 nitrogen and oxygen atoms in total. The molecule has 0 unspecified atom stereocenters. The monoisotopic (exact) mass is 308 g/mol. The minimum absolute atomic E-state index is 0.855. The molecule has 0 aliphatic carbocycles.